The van der Waals surface area contributed by atoms with E-state index in [-0.39, 0.29) is 5.02 Å². The number of halogens is 2. The second-order valence-electron chi connectivity index (χ2n) is 5.27. The van der Waals surface area contributed by atoms with Crippen molar-refractivity contribution >= 4 is 17.3 Å². The lowest BCUT2D eigenvalue weighted by Crippen LogP contribution is -2.25. The molecule has 0 heterocycles. The molecule has 0 fully saturated rings. The summed E-state index contributed by atoms with van der Waals surface area (Å²) in [6, 6.07) is 4.37. The standard InChI is InChI=1S/C15H23ClFNO2/c1-11(2)4-3-7-20-10-13(19)9-18-12-5-6-15(17)14(16)8-12/h5-6,8,11,13,18-19H,3-4,7,9-10H2,1-2H3. The minimum absolute atomic E-state index is 0.0643. The molecule has 0 saturated heterocycles. The number of nitrogens with one attached hydrogen (secondary N) is 1. The second kappa shape index (κ2) is 9.16. The molecule has 0 aliphatic carbocycles. The normalized spacial score (nSPS) is 12.7. The Balaban J connectivity index is 2.16. The van der Waals surface area contributed by atoms with E-state index in [1.54, 1.807) is 6.07 Å². The minimum atomic E-state index is -0.599. The van der Waals surface area contributed by atoms with Crippen molar-refractivity contribution in [2.75, 3.05) is 25.1 Å². The molecule has 5 heteroatoms. The van der Waals surface area contributed by atoms with Gasteiger partial charge in [-0.25, -0.2) is 4.39 Å². The van der Waals surface area contributed by atoms with Gasteiger partial charge in [0, 0.05) is 18.8 Å². The van der Waals surface area contributed by atoms with Gasteiger partial charge in [-0.3, -0.25) is 0 Å². The second-order valence-corrected chi connectivity index (χ2v) is 5.68. The third kappa shape index (κ3) is 7.08. The van der Waals surface area contributed by atoms with E-state index in [0.717, 1.165) is 12.8 Å². The summed E-state index contributed by atoms with van der Waals surface area (Å²) in [6.45, 7) is 5.64. The fourth-order valence-corrected chi connectivity index (χ4v) is 1.89. The Kier molecular flexibility index (Phi) is 7.88. The number of hydrogen-bond acceptors (Lipinski definition) is 3. The zero-order valence-corrected chi connectivity index (χ0v) is 12.8. The molecule has 0 saturated carbocycles. The molecular formula is C15H23ClFNO2. The average Bonchev–Trinajstić information content (AvgIpc) is 2.39. The summed E-state index contributed by atoms with van der Waals surface area (Å²) >= 11 is 5.67. The van der Waals surface area contributed by atoms with Crippen LogP contribution in [0.1, 0.15) is 26.7 Å². The molecule has 0 aromatic heterocycles. The molecule has 0 aliphatic heterocycles. The van der Waals surface area contributed by atoms with E-state index in [2.05, 4.69) is 19.2 Å². The molecule has 1 rings (SSSR count). The number of hydrogen-bond donors (Lipinski definition) is 2. The van der Waals surface area contributed by atoms with Crippen LogP contribution in [-0.2, 0) is 4.74 Å². The summed E-state index contributed by atoms with van der Waals surface area (Å²) in [7, 11) is 0. The van der Waals surface area contributed by atoms with Gasteiger partial charge >= 0.3 is 0 Å². The molecule has 3 nitrogen and oxygen atoms in total. The molecule has 1 aromatic rings. The minimum Gasteiger partial charge on any atom is -0.389 e. The van der Waals surface area contributed by atoms with Crippen LogP contribution < -0.4 is 5.32 Å². The van der Waals surface area contributed by atoms with E-state index < -0.39 is 11.9 Å². The fraction of sp³-hybridized carbons (Fsp3) is 0.600. The van der Waals surface area contributed by atoms with E-state index in [9.17, 15) is 9.50 Å². The van der Waals surface area contributed by atoms with Gasteiger partial charge in [-0.1, -0.05) is 25.4 Å². The molecule has 2 N–H and O–H groups in total. The van der Waals surface area contributed by atoms with Gasteiger partial charge in [-0.2, -0.15) is 0 Å². The molecule has 0 radical (unpaired) electrons. The number of aliphatic hydroxyl groups is 1. The SMILES string of the molecule is CC(C)CCCOCC(O)CNc1ccc(F)c(Cl)c1. The van der Waals surface area contributed by atoms with Crippen LogP contribution in [0.3, 0.4) is 0 Å². The zero-order chi connectivity index (χ0) is 15.0. The first-order valence-corrected chi connectivity index (χ1v) is 7.31. The number of anilines is 1. The highest BCUT2D eigenvalue weighted by molar-refractivity contribution is 6.31. The van der Waals surface area contributed by atoms with Crippen molar-refractivity contribution in [1.29, 1.82) is 0 Å². The lowest BCUT2D eigenvalue weighted by Gasteiger charge is -2.14. The van der Waals surface area contributed by atoms with Crippen LogP contribution in [0.5, 0.6) is 0 Å². The van der Waals surface area contributed by atoms with Crippen molar-refractivity contribution in [3.63, 3.8) is 0 Å². The first kappa shape index (κ1) is 17.2. The van der Waals surface area contributed by atoms with Crippen molar-refractivity contribution in [2.24, 2.45) is 5.92 Å². The van der Waals surface area contributed by atoms with Crippen molar-refractivity contribution < 1.29 is 14.2 Å². The van der Waals surface area contributed by atoms with Crippen molar-refractivity contribution in [1.82, 2.24) is 0 Å². The summed E-state index contributed by atoms with van der Waals surface area (Å²) in [5.41, 5.74) is 0.676. The molecule has 1 unspecified atom stereocenters. The number of ether oxygens (including phenoxy) is 1. The summed E-state index contributed by atoms with van der Waals surface area (Å²) in [6.07, 6.45) is 1.53. The highest BCUT2D eigenvalue weighted by Crippen LogP contribution is 2.19. The predicted molar refractivity (Wildman–Crippen MR) is 80.8 cm³/mol. The molecular weight excluding hydrogens is 281 g/mol. The maximum atomic E-state index is 13.0. The first-order chi connectivity index (χ1) is 9.49. The largest absolute Gasteiger partial charge is 0.389 e. The fourth-order valence-electron chi connectivity index (χ4n) is 1.71. The van der Waals surface area contributed by atoms with Gasteiger partial charge in [0.05, 0.1) is 17.7 Å². The monoisotopic (exact) mass is 303 g/mol. The van der Waals surface area contributed by atoms with E-state index in [1.165, 1.54) is 12.1 Å². The molecule has 0 bridgehead atoms. The van der Waals surface area contributed by atoms with E-state index in [0.29, 0.717) is 31.4 Å². The first-order valence-electron chi connectivity index (χ1n) is 6.93. The van der Waals surface area contributed by atoms with Gasteiger partial charge in [0.15, 0.2) is 0 Å². The van der Waals surface area contributed by atoms with Crippen LogP contribution >= 0.6 is 11.6 Å². The van der Waals surface area contributed by atoms with Gasteiger partial charge in [0.1, 0.15) is 5.82 Å². The Morgan fingerprint density at radius 3 is 2.80 bits per heavy atom. The van der Waals surface area contributed by atoms with Gasteiger partial charge in [0.2, 0.25) is 0 Å². The Hall–Kier alpha value is -0.840. The average molecular weight is 304 g/mol. The Labute approximate surface area is 125 Å². The summed E-state index contributed by atoms with van der Waals surface area (Å²) < 4.78 is 18.4. The molecule has 0 aliphatic rings. The number of rotatable bonds is 9. The Morgan fingerprint density at radius 2 is 2.15 bits per heavy atom. The summed E-state index contributed by atoms with van der Waals surface area (Å²) in [5.74, 6) is 0.222. The van der Waals surface area contributed by atoms with Crippen LogP contribution in [0.4, 0.5) is 10.1 Å². The van der Waals surface area contributed by atoms with E-state index in [1.807, 2.05) is 0 Å². The third-order valence-corrected chi connectivity index (χ3v) is 3.13. The van der Waals surface area contributed by atoms with Crippen LogP contribution in [-0.4, -0.2) is 31.0 Å². The van der Waals surface area contributed by atoms with Gasteiger partial charge < -0.3 is 15.2 Å². The molecule has 1 aromatic carbocycles. The molecule has 1 atom stereocenters. The quantitative estimate of drug-likeness (QED) is 0.683. The highest BCUT2D eigenvalue weighted by Gasteiger charge is 2.06. The molecule has 114 valence electrons. The van der Waals surface area contributed by atoms with Crippen LogP contribution in [0.25, 0.3) is 0 Å². The third-order valence-electron chi connectivity index (χ3n) is 2.84. The van der Waals surface area contributed by atoms with Crippen molar-refractivity contribution in [2.45, 2.75) is 32.8 Å². The van der Waals surface area contributed by atoms with E-state index in [4.69, 9.17) is 16.3 Å². The maximum absolute atomic E-state index is 13.0. The highest BCUT2D eigenvalue weighted by atomic mass is 35.5. The van der Waals surface area contributed by atoms with Crippen LogP contribution in [0.15, 0.2) is 18.2 Å². The van der Waals surface area contributed by atoms with Gasteiger partial charge in [0.25, 0.3) is 0 Å². The van der Waals surface area contributed by atoms with E-state index >= 15 is 0 Å². The predicted octanol–water partition coefficient (Wildman–Crippen LogP) is 3.70. The van der Waals surface area contributed by atoms with Crippen molar-refractivity contribution in [3.05, 3.63) is 29.0 Å². The lowest BCUT2D eigenvalue weighted by atomic mass is 10.1. The molecule has 20 heavy (non-hydrogen) atoms. The number of benzene rings is 1. The lowest BCUT2D eigenvalue weighted by molar-refractivity contribution is 0.0409. The Morgan fingerprint density at radius 1 is 1.40 bits per heavy atom. The van der Waals surface area contributed by atoms with Gasteiger partial charge in [-0.05, 0) is 37.0 Å². The van der Waals surface area contributed by atoms with Gasteiger partial charge in [-0.15, -0.1) is 0 Å². The Bertz CT molecular complexity index is 401. The molecule has 0 amide bonds. The van der Waals surface area contributed by atoms with Crippen molar-refractivity contribution in [3.8, 4) is 0 Å². The van der Waals surface area contributed by atoms with Crippen LogP contribution in [0, 0.1) is 11.7 Å². The maximum Gasteiger partial charge on any atom is 0.141 e. The molecule has 0 spiro atoms. The summed E-state index contributed by atoms with van der Waals surface area (Å²) in [5, 5.41) is 12.8. The summed E-state index contributed by atoms with van der Waals surface area (Å²) in [4.78, 5) is 0. The topological polar surface area (TPSA) is 41.5 Å². The smallest absolute Gasteiger partial charge is 0.141 e. The zero-order valence-electron chi connectivity index (χ0n) is 12.0. The number of aliphatic hydroxyl groups excluding tert-OH is 1. The van der Waals surface area contributed by atoms with Crippen LogP contribution in [0.2, 0.25) is 5.02 Å².